The lowest BCUT2D eigenvalue weighted by Crippen LogP contribution is -2.59. The molecule has 1 spiro atoms. The van der Waals surface area contributed by atoms with Crippen molar-refractivity contribution in [3.63, 3.8) is 0 Å². The van der Waals surface area contributed by atoms with Gasteiger partial charge in [0.15, 0.2) is 0 Å². The molecule has 5 nitrogen and oxygen atoms in total. The van der Waals surface area contributed by atoms with Crippen LogP contribution in [0.3, 0.4) is 0 Å². The number of rotatable bonds is 4. The molecule has 0 bridgehead atoms. The van der Waals surface area contributed by atoms with Crippen LogP contribution >= 0.6 is 0 Å². The number of anilines is 2. The van der Waals surface area contributed by atoms with Gasteiger partial charge in [0.1, 0.15) is 5.82 Å². The molecule has 1 aromatic rings. The van der Waals surface area contributed by atoms with Gasteiger partial charge in [0, 0.05) is 36.2 Å². The van der Waals surface area contributed by atoms with E-state index in [0.29, 0.717) is 23.9 Å². The molecule has 2 unspecified atom stereocenters. The summed E-state index contributed by atoms with van der Waals surface area (Å²) < 4.78 is 0. The van der Waals surface area contributed by atoms with E-state index in [1.54, 1.807) is 0 Å². The topological polar surface area (TPSA) is 58.3 Å². The van der Waals surface area contributed by atoms with Crippen molar-refractivity contribution in [1.82, 2.24) is 14.9 Å². The fraction of sp³-hybridized carbons (Fsp3) is 0.826. The molecule has 2 fully saturated rings. The second-order valence-corrected chi connectivity index (χ2v) is 9.92. The fourth-order valence-electron chi connectivity index (χ4n) is 6.16. The van der Waals surface area contributed by atoms with Gasteiger partial charge in [-0.3, -0.25) is 4.90 Å². The van der Waals surface area contributed by atoms with Gasteiger partial charge < -0.3 is 10.6 Å². The maximum Gasteiger partial charge on any atom is 0.222 e. The van der Waals surface area contributed by atoms with E-state index in [1.165, 1.54) is 68.4 Å². The Kier molecular flexibility index (Phi) is 5.56. The Morgan fingerprint density at radius 3 is 2.50 bits per heavy atom. The summed E-state index contributed by atoms with van der Waals surface area (Å²) in [5.74, 6) is 2.23. The Labute approximate surface area is 171 Å². The second kappa shape index (κ2) is 7.81. The Morgan fingerprint density at radius 1 is 1.11 bits per heavy atom. The van der Waals surface area contributed by atoms with Crippen LogP contribution in [0.5, 0.6) is 0 Å². The molecule has 0 radical (unpaired) electrons. The number of aromatic nitrogens is 2. The molecule has 1 saturated heterocycles. The minimum Gasteiger partial charge on any atom is -0.368 e. The molecule has 1 aromatic heterocycles. The van der Waals surface area contributed by atoms with Gasteiger partial charge in [-0.15, -0.1) is 0 Å². The second-order valence-electron chi connectivity index (χ2n) is 9.92. The van der Waals surface area contributed by atoms with Gasteiger partial charge in [0.2, 0.25) is 5.95 Å². The summed E-state index contributed by atoms with van der Waals surface area (Å²) in [5.41, 5.74) is 9.34. The molecule has 28 heavy (non-hydrogen) atoms. The summed E-state index contributed by atoms with van der Waals surface area (Å²) in [6, 6.07) is 1.08. The first-order chi connectivity index (χ1) is 13.4. The molecular weight excluding hydrogens is 346 g/mol. The van der Waals surface area contributed by atoms with E-state index in [-0.39, 0.29) is 5.41 Å². The summed E-state index contributed by atoms with van der Waals surface area (Å²) in [4.78, 5) is 15.0. The first-order valence-corrected chi connectivity index (χ1v) is 11.6. The zero-order chi connectivity index (χ0) is 19.9. The van der Waals surface area contributed by atoms with Crippen LogP contribution in [0.1, 0.15) is 83.4 Å². The van der Waals surface area contributed by atoms with Gasteiger partial charge in [-0.1, -0.05) is 40.0 Å². The van der Waals surface area contributed by atoms with Gasteiger partial charge in [-0.2, -0.15) is 4.98 Å². The molecule has 0 amide bonds. The smallest absolute Gasteiger partial charge is 0.222 e. The molecule has 2 atom stereocenters. The zero-order valence-electron chi connectivity index (χ0n) is 18.4. The summed E-state index contributed by atoms with van der Waals surface area (Å²) in [5, 5.41) is 0. The minimum atomic E-state index is 0.280. The number of nitrogen functional groups attached to an aromatic ring is 1. The van der Waals surface area contributed by atoms with E-state index in [9.17, 15) is 0 Å². The molecule has 2 aliphatic carbocycles. The molecule has 2 heterocycles. The monoisotopic (exact) mass is 385 g/mol. The highest BCUT2D eigenvalue weighted by Crippen LogP contribution is 2.50. The Hall–Kier alpha value is -1.36. The van der Waals surface area contributed by atoms with Gasteiger partial charge in [-0.05, 0) is 51.5 Å². The predicted molar refractivity (Wildman–Crippen MR) is 117 cm³/mol. The van der Waals surface area contributed by atoms with Crippen molar-refractivity contribution in [3.05, 3.63) is 11.3 Å². The fourth-order valence-corrected chi connectivity index (χ4v) is 6.16. The van der Waals surface area contributed by atoms with Gasteiger partial charge in [0.25, 0.3) is 0 Å². The van der Waals surface area contributed by atoms with E-state index in [1.807, 2.05) is 0 Å². The van der Waals surface area contributed by atoms with Gasteiger partial charge >= 0.3 is 0 Å². The first kappa shape index (κ1) is 19.9. The number of nitrogens with zero attached hydrogens (tertiary/aromatic N) is 4. The molecule has 0 aromatic carbocycles. The maximum atomic E-state index is 6.32. The Bertz CT molecular complexity index is 694. The van der Waals surface area contributed by atoms with Crippen LogP contribution in [0.4, 0.5) is 11.8 Å². The average Bonchev–Trinajstić information content (AvgIpc) is 3.12. The van der Waals surface area contributed by atoms with Crippen LogP contribution in [-0.4, -0.2) is 47.1 Å². The largest absolute Gasteiger partial charge is 0.368 e. The highest BCUT2D eigenvalue weighted by Gasteiger charge is 2.43. The quantitative estimate of drug-likeness (QED) is 0.844. The van der Waals surface area contributed by atoms with Crippen LogP contribution in [0.15, 0.2) is 0 Å². The normalized spacial score (nSPS) is 27.5. The summed E-state index contributed by atoms with van der Waals surface area (Å²) in [6.45, 7) is 9.15. The zero-order valence-corrected chi connectivity index (χ0v) is 18.4. The summed E-state index contributed by atoms with van der Waals surface area (Å²) in [6.07, 6.45) is 11.4. The van der Waals surface area contributed by atoms with Crippen molar-refractivity contribution in [2.24, 2.45) is 5.92 Å². The van der Waals surface area contributed by atoms with E-state index >= 15 is 0 Å². The standard InChI is InChI=1S/C23H39N5/c1-5-9-17-14-28(19(16(2)3)15-27(17)4)21-18-10-8-13-23(11-6-7-12-23)20(18)25-22(24)26-21/h16-17,19H,5-15H2,1-4H3,(H2,24,25,26). The van der Waals surface area contributed by atoms with E-state index in [0.717, 1.165) is 19.5 Å². The van der Waals surface area contributed by atoms with E-state index in [4.69, 9.17) is 15.7 Å². The highest BCUT2D eigenvalue weighted by atomic mass is 15.3. The number of likely N-dealkylation sites (N-methyl/N-ethyl adjacent to an activating group) is 1. The summed E-state index contributed by atoms with van der Waals surface area (Å²) >= 11 is 0. The lowest BCUT2D eigenvalue weighted by atomic mass is 9.71. The molecule has 5 heteroatoms. The molecule has 1 saturated carbocycles. The maximum absolute atomic E-state index is 6.32. The third-order valence-electron chi connectivity index (χ3n) is 7.72. The van der Waals surface area contributed by atoms with Gasteiger partial charge in [0.05, 0.1) is 5.69 Å². The third-order valence-corrected chi connectivity index (χ3v) is 7.72. The van der Waals surface area contributed by atoms with Crippen molar-refractivity contribution < 1.29 is 0 Å². The minimum absolute atomic E-state index is 0.280. The van der Waals surface area contributed by atoms with Gasteiger partial charge in [-0.25, -0.2) is 4.98 Å². The van der Waals surface area contributed by atoms with Crippen LogP contribution in [-0.2, 0) is 11.8 Å². The van der Waals surface area contributed by atoms with Crippen molar-refractivity contribution in [2.75, 3.05) is 30.8 Å². The number of hydrogen-bond donors (Lipinski definition) is 1. The highest BCUT2D eigenvalue weighted by molar-refractivity contribution is 5.56. The number of piperazine rings is 1. The molecule has 156 valence electrons. The molecule has 4 rings (SSSR count). The third kappa shape index (κ3) is 3.40. The summed E-state index contributed by atoms with van der Waals surface area (Å²) in [7, 11) is 2.30. The van der Waals surface area contributed by atoms with Crippen LogP contribution in [0.2, 0.25) is 0 Å². The lowest BCUT2D eigenvalue weighted by molar-refractivity contribution is 0.158. The molecule has 1 aliphatic heterocycles. The molecule has 3 aliphatic rings. The van der Waals surface area contributed by atoms with E-state index < -0.39 is 0 Å². The van der Waals surface area contributed by atoms with Crippen LogP contribution in [0, 0.1) is 5.92 Å². The van der Waals surface area contributed by atoms with Crippen molar-refractivity contribution in [1.29, 1.82) is 0 Å². The number of fused-ring (bicyclic) bond motifs is 2. The first-order valence-electron chi connectivity index (χ1n) is 11.6. The van der Waals surface area contributed by atoms with Crippen molar-refractivity contribution in [2.45, 2.75) is 96.1 Å². The SMILES string of the molecule is CCCC1CN(c2nc(N)nc3c2CCCC32CCCC2)C(C(C)C)CN1C. The van der Waals surface area contributed by atoms with Crippen molar-refractivity contribution >= 4 is 11.8 Å². The predicted octanol–water partition coefficient (Wildman–Crippen LogP) is 4.15. The average molecular weight is 386 g/mol. The Morgan fingerprint density at radius 2 is 1.82 bits per heavy atom. The molecular formula is C23H39N5. The van der Waals surface area contributed by atoms with Crippen LogP contribution < -0.4 is 10.6 Å². The van der Waals surface area contributed by atoms with Crippen LogP contribution in [0.25, 0.3) is 0 Å². The number of hydrogen-bond acceptors (Lipinski definition) is 5. The number of nitrogens with two attached hydrogens (primary N) is 1. The molecule has 2 N–H and O–H groups in total. The Balaban J connectivity index is 1.77. The van der Waals surface area contributed by atoms with Crippen molar-refractivity contribution in [3.8, 4) is 0 Å². The van der Waals surface area contributed by atoms with E-state index in [2.05, 4.69) is 37.6 Å². The lowest BCUT2D eigenvalue weighted by Gasteiger charge is -2.48.